The van der Waals surface area contributed by atoms with Gasteiger partial charge in [-0.1, -0.05) is 12.1 Å². The Morgan fingerprint density at radius 1 is 1.35 bits per heavy atom. The van der Waals surface area contributed by atoms with E-state index in [0.717, 1.165) is 6.54 Å². The first-order valence-electron chi connectivity index (χ1n) is 7.34. The number of aliphatic hydroxyl groups excluding tert-OH is 1. The van der Waals surface area contributed by atoms with Crippen LogP contribution in [0.2, 0.25) is 0 Å². The van der Waals surface area contributed by atoms with E-state index in [4.69, 9.17) is 4.74 Å². The first-order valence-corrected chi connectivity index (χ1v) is 7.34. The SMILES string of the molecule is CCn1cnnc1CNC(=O)NC[C@@H](O)c1ccc(OC)cc1. The minimum absolute atomic E-state index is 0.110. The van der Waals surface area contributed by atoms with Crippen LogP contribution in [0.3, 0.4) is 0 Å². The number of carbonyl (C=O) groups is 1. The fourth-order valence-corrected chi connectivity index (χ4v) is 2.04. The van der Waals surface area contributed by atoms with Gasteiger partial charge in [-0.3, -0.25) is 0 Å². The topological polar surface area (TPSA) is 101 Å². The van der Waals surface area contributed by atoms with E-state index in [0.29, 0.717) is 17.1 Å². The largest absolute Gasteiger partial charge is 0.497 e. The lowest BCUT2D eigenvalue weighted by Crippen LogP contribution is -2.37. The molecule has 0 saturated heterocycles. The van der Waals surface area contributed by atoms with Gasteiger partial charge in [-0.2, -0.15) is 0 Å². The van der Waals surface area contributed by atoms with Gasteiger partial charge in [-0.25, -0.2) is 4.79 Å². The van der Waals surface area contributed by atoms with Crippen LogP contribution in [-0.2, 0) is 13.1 Å². The van der Waals surface area contributed by atoms with E-state index in [1.54, 1.807) is 37.7 Å². The summed E-state index contributed by atoms with van der Waals surface area (Å²) < 4.78 is 6.90. The average Bonchev–Trinajstić information content (AvgIpc) is 3.05. The Hall–Kier alpha value is -2.61. The van der Waals surface area contributed by atoms with E-state index in [-0.39, 0.29) is 19.1 Å². The number of nitrogens with one attached hydrogen (secondary N) is 2. The van der Waals surface area contributed by atoms with Gasteiger partial charge >= 0.3 is 6.03 Å². The maximum atomic E-state index is 11.8. The zero-order valence-corrected chi connectivity index (χ0v) is 13.2. The normalized spacial score (nSPS) is 11.8. The van der Waals surface area contributed by atoms with Gasteiger partial charge in [-0.15, -0.1) is 10.2 Å². The maximum absolute atomic E-state index is 11.8. The van der Waals surface area contributed by atoms with Crippen molar-refractivity contribution >= 4 is 6.03 Å². The molecule has 0 radical (unpaired) electrons. The van der Waals surface area contributed by atoms with Crippen molar-refractivity contribution in [1.82, 2.24) is 25.4 Å². The van der Waals surface area contributed by atoms with Crippen molar-refractivity contribution < 1.29 is 14.6 Å². The molecule has 124 valence electrons. The van der Waals surface area contributed by atoms with Gasteiger partial charge in [0, 0.05) is 13.1 Å². The highest BCUT2D eigenvalue weighted by Crippen LogP contribution is 2.16. The molecule has 0 fully saturated rings. The molecular formula is C15H21N5O3. The number of hydrogen-bond acceptors (Lipinski definition) is 5. The molecule has 2 rings (SSSR count). The van der Waals surface area contributed by atoms with E-state index in [9.17, 15) is 9.90 Å². The summed E-state index contributed by atoms with van der Waals surface area (Å²) in [5.74, 6) is 1.39. The van der Waals surface area contributed by atoms with Crippen LogP contribution in [0.5, 0.6) is 5.75 Å². The molecule has 23 heavy (non-hydrogen) atoms. The number of urea groups is 1. The molecule has 0 bridgehead atoms. The van der Waals surface area contributed by atoms with E-state index in [2.05, 4.69) is 20.8 Å². The minimum atomic E-state index is -0.786. The quantitative estimate of drug-likeness (QED) is 0.702. The van der Waals surface area contributed by atoms with Gasteiger partial charge in [0.2, 0.25) is 0 Å². The first-order chi connectivity index (χ1) is 11.1. The lowest BCUT2D eigenvalue weighted by Gasteiger charge is -2.13. The summed E-state index contributed by atoms with van der Waals surface area (Å²) in [5, 5.41) is 23.1. The van der Waals surface area contributed by atoms with Gasteiger partial charge in [-0.05, 0) is 24.6 Å². The summed E-state index contributed by atoms with van der Waals surface area (Å²) in [7, 11) is 1.58. The number of ether oxygens (including phenoxy) is 1. The van der Waals surface area contributed by atoms with Crippen molar-refractivity contribution in [3.63, 3.8) is 0 Å². The number of aryl methyl sites for hydroxylation is 1. The second-order valence-corrected chi connectivity index (χ2v) is 4.89. The van der Waals surface area contributed by atoms with Crippen LogP contribution in [0.15, 0.2) is 30.6 Å². The summed E-state index contributed by atoms with van der Waals surface area (Å²) in [5.41, 5.74) is 0.705. The summed E-state index contributed by atoms with van der Waals surface area (Å²) in [4.78, 5) is 11.8. The summed E-state index contributed by atoms with van der Waals surface area (Å²) in [6.07, 6.45) is 0.827. The van der Waals surface area contributed by atoms with Crippen molar-refractivity contribution in [3.05, 3.63) is 42.0 Å². The minimum Gasteiger partial charge on any atom is -0.497 e. The van der Waals surface area contributed by atoms with Gasteiger partial charge in [0.25, 0.3) is 0 Å². The van der Waals surface area contributed by atoms with Crippen LogP contribution in [0.25, 0.3) is 0 Å². The molecule has 1 aromatic heterocycles. The highest BCUT2D eigenvalue weighted by molar-refractivity contribution is 5.73. The third kappa shape index (κ3) is 4.68. The first kappa shape index (κ1) is 16.8. The molecule has 1 atom stereocenters. The molecule has 2 aromatic rings. The number of benzene rings is 1. The molecule has 3 N–H and O–H groups in total. The number of aliphatic hydroxyl groups is 1. The molecule has 2 amide bonds. The van der Waals surface area contributed by atoms with Crippen LogP contribution in [-0.4, -0.2) is 39.6 Å². The second-order valence-electron chi connectivity index (χ2n) is 4.89. The van der Waals surface area contributed by atoms with Crippen LogP contribution >= 0.6 is 0 Å². The maximum Gasteiger partial charge on any atom is 0.315 e. The van der Waals surface area contributed by atoms with E-state index >= 15 is 0 Å². The molecule has 0 aliphatic rings. The summed E-state index contributed by atoms with van der Waals surface area (Å²) in [6.45, 7) is 3.09. The number of hydrogen-bond donors (Lipinski definition) is 3. The fourth-order valence-electron chi connectivity index (χ4n) is 2.04. The number of amides is 2. The Morgan fingerprint density at radius 3 is 2.74 bits per heavy atom. The number of rotatable bonds is 7. The lowest BCUT2D eigenvalue weighted by atomic mass is 10.1. The third-order valence-corrected chi connectivity index (χ3v) is 3.40. The van der Waals surface area contributed by atoms with E-state index in [1.807, 2.05) is 11.5 Å². The Kier molecular flexibility index (Phi) is 5.93. The smallest absolute Gasteiger partial charge is 0.315 e. The van der Waals surface area contributed by atoms with Gasteiger partial charge in [0.05, 0.1) is 19.8 Å². The predicted octanol–water partition coefficient (Wildman–Crippen LogP) is 0.839. The molecule has 1 aromatic carbocycles. The predicted molar refractivity (Wildman–Crippen MR) is 83.9 cm³/mol. The zero-order chi connectivity index (χ0) is 16.7. The van der Waals surface area contributed by atoms with Crippen LogP contribution in [0, 0.1) is 0 Å². The molecule has 8 heteroatoms. The fraction of sp³-hybridized carbons (Fsp3) is 0.400. The standard InChI is InChI=1S/C15H21N5O3/c1-3-20-10-18-19-14(20)9-17-15(22)16-8-13(21)11-4-6-12(23-2)7-5-11/h4-7,10,13,21H,3,8-9H2,1-2H3,(H2,16,17,22)/t13-/m1/s1. The zero-order valence-electron chi connectivity index (χ0n) is 13.2. The second kappa shape index (κ2) is 8.14. The molecule has 0 aliphatic heterocycles. The Bertz CT molecular complexity index is 626. The van der Waals surface area contributed by atoms with Crippen molar-refractivity contribution in [2.75, 3.05) is 13.7 Å². The Balaban J connectivity index is 1.77. The molecule has 0 saturated carbocycles. The van der Waals surface area contributed by atoms with E-state index in [1.165, 1.54) is 0 Å². The molecule has 0 aliphatic carbocycles. The molecule has 0 spiro atoms. The molecule has 8 nitrogen and oxygen atoms in total. The number of carbonyl (C=O) groups excluding carboxylic acids is 1. The van der Waals surface area contributed by atoms with Gasteiger partial charge < -0.3 is 25.0 Å². The van der Waals surface area contributed by atoms with Crippen LogP contribution in [0.4, 0.5) is 4.79 Å². The summed E-state index contributed by atoms with van der Waals surface area (Å²) in [6, 6.07) is 6.66. The molecule has 0 unspecified atom stereocenters. The number of nitrogens with zero attached hydrogens (tertiary/aromatic N) is 3. The van der Waals surface area contributed by atoms with Crippen molar-refractivity contribution in [2.24, 2.45) is 0 Å². The van der Waals surface area contributed by atoms with Crippen LogP contribution in [0.1, 0.15) is 24.4 Å². The lowest BCUT2D eigenvalue weighted by molar-refractivity contribution is 0.173. The molecule has 1 heterocycles. The van der Waals surface area contributed by atoms with Crippen molar-refractivity contribution in [3.8, 4) is 5.75 Å². The third-order valence-electron chi connectivity index (χ3n) is 3.40. The highest BCUT2D eigenvalue weighted by Gasteiger charge is 2.10. The van der Waals surface area contributed by atoms with E-state index < -0.39 is 6.10 Å². The summed E-state index contributed by atoms with van der Waals surface area (Å²) >= 11 is 0. The van der Waals surface area contributed by atoms with Gasteiger partial charge in [0.15, 0.2) is 5.82 Å². The van der Waals surface area contributed by atoms with Gasteiger partial charge in [0.1, 0.15) is 12.1 Å². The number of aromatic nitrogens is 3. The molecular weight excluding hydrogens is 298 g/mol. The number of methoxy groups -OCH3 is 1. The monoisotopic (exact) mass is 319 g/mol. The Labute approximate surface area is 134 Å². The Morgan fingerprint density at radius 2 is 2.09 bits per heavy atom. The van der Waals surface area contributed by atoms with Crippen molar-refractivity contribution in [2.45, 2.75) is 26.1 Å². The van der Waals surface area contributed by atoms with Crippen LogP contribution < -0.4 is 15.4 Å². The average molecular weight is 319 g/mol. The van der Waals surface area contributed by atoms with Crippen molar-refractivity contribution in [1.29, 1.82) is 0 Å². The highest BCUT2D eigenvalue weighted by atomic mass is 16.5.